The van der Waals surface area contributed by atoms with Crippen LogP contribution in [0.1, 0.15) is 54.8 Å². The highest BCUT2D eigenvalue weighted by Gasteiger charge is 2.44. The Bertz CT molecular complexity index is 721. The number of fused-ring (bicyclic) bond motifs is 1. The van der Waals surface area contributed by atoms with Crippen molar-refractivity contribution in [2.45, 2.75) is 46.2 Å². The first kappa shape index (κ1) is 20.6. The Morgan fingerprint density at radius 2 is 1.56 bits per heavy atom. The molecule has 0 fully saturated rings. The summed E-state index contributed by atoms with van der Waals surface area (Å²) in [6, 6.07) is 4.64. The zero-order chi connectivity index (χ0) is 20.3. The molecule has 0 spiro atoms. The number of amides is 3. The van der Waals surface area contributed by atoms with E-state index in [1.165, 1.54) is 7.11 Å². The van der Waals surface area contributed by atoms with Gasteiger partial charge in [-0.15, -0.1) is 0 Å². The molecule has 146 valence electrons. The monoisotopic (exact) mass is 374 g/mol. The minimum atomic E-state index is -1.02. The maximum atomic E-state index is 13.0. The van der Waals surface area contributed by atoms with Gasteiger partial charge in [0.1, 0.15) is 12.1 Å². The first-order valence-corrected chi connectivity index (χ1v) is 9.04. The normalized spacial score (nSPS) is 15.7. The average Bonchev–Trinajstić information content (AvgIpc) is 2.85. The molecule has 27 heavy (non-hydrogen) atoms. The molecule has 1 N–H and O–H groups in total. The molecule has 0 saturated heterocycles. The van der Waals surface area contributed by atoms with Crippen LogP contribution in [0.15, 0.2) is 24.3 Å². The van der Waals surface area contributed by atoms with Gasteiger partial charge in [0, 0.05) is 0 Å². The predicted octanol–water partition coefficient (Wildman–Crippen LogP) is 2.01. The summed E-state index contributed by atoms with van der Waals surface area (Å²) in [7, 11) is 1.26. The number of nitrogens with zero attached hydrogens (tertiary/aromatic N) is 1. The van der Waals surface area contributed by atoms with Crippen LogP contribution < -0.4 is 5.32 Å². The molecule has 2 rings (SSSR count). The zero-order valence-electron chi connectivity index (χ0n) is 16.3. The Morgan fingerprint density at radius 3 is 1.96 bits per heavy atom. The van der Waals surface area contributed by atoms with E-state index in [9.17, 15) is 19.2 Å². The molecule has 0 aliphatic carbocycles. The molecule has 7 nitrogen and oxygen atoms in total. The number of hydrogen-bond acceptors (Lipinski definition) is 5. The molecule has 1 aliphatic heterocycles. The highest BCUT2D eigenvalue weighted by Crippen LogP contribution is 2.27. The molecule has 0 unspecified atom stereocenters. The fraction of sp³-hybridized carbons (Fsp3) is 0.500. The first-order valence-electron chi connectivity index (χ1n) is 9.04. The summed E-state index contributed by atoms with van der Waals surface area (Å²) in [5.74, 6) is -2.28. The number of carbonyl (C=O) groups excluding carboxylic acids is 4. The van der Waals surface area contributed by atoms with Crippen LogP contribution in [0.3, 0.4) is 0 Å². The Hall–Kier alpha value is -2.70. The summed E-state index contributed by atoms with van der Waals surface area (Å²) < 4.78 is 4.77. The second-order valence-electron chi connectivity index (χ2n) is 7.43. The van der Waals surface area contributed by atoms with E-state index in [0.29, 0.717) is 6.42 Å². The molecule has 3 amide bonds. The fourth-order valence-corrected chi connectivity index (χ4v) is 3.26. The lowest BCUT2D eigenvalue weighted by atomic mass is 9.99. The minimum absolute atomic E-state index is 0.145. The standard InChI is InChI=1S/C20H26N2O5/c1-11(2)10-15(20(26)27-5)21-17(23)16(12(3)4)22-18(24)13-8-6-7-9-14(13)19(22)25/h6-9,11-12,15-16H,10H2,1-5H3,(H,21,23)/t15-,16-/m0/s1. The number of imide groups is 1. The molecule has 0 radical (unpaired) electrons. The van der Waals surface area contributed by atoms with Crippen molar-refractivity contribution < 1.29 is 23.9 Å². The lowest BCUT2D eigenvalue weighted by Crippen LogP contribution is -2.55. The summed E-state index contributed by atoms with van der Waals surface area (Å²) in [5, 5.41) is 2.67. The van der Waals surface area contributed by atoms with Crippen molar-refractivity contribution in [3.05, 3.63) is 35.4 Å². The van der Waals surface area contributed by atoms with Gasteiger partial charge in [-0.25, -0.2) is 4.79 Å². The quantitative estimate of drug-likeness (QED) is 0.582. The topological polar surface area (TPSA) is 92.8 Å². The Labute approximate surface area is 159 Å². The number of hydrogen-bond donors (Lipinski definition) is 1. The van der Waals surface area contributed by atoms with Crippen molar-refractivity contribution in [3.8, 4) is 0 Å². The average molecular weight is 374 g/mol. The van der Waals surface area contributed by atoms with Crippen LogP contribution in [0.25, 0.3) is 0 Å². The van der Waals surface area contributed by atoms with E-state index in [-0.39, 0.29) is 23.0 Å². The third-order valence-electron chi connectivity index (χ3n) is 4.51. The van der Waals surface area contributed by atoms with Crippen molar-refractivity contribution in [1.29, 1.82) is 0 Å². The van der Waals surface area contributed by atoms with Crippen molar-refractivity contribution in [2.75, 3.05) is 7.11 Å². The maximum absolute atomic E-state index is 13.0. The molecule has 7 heteroatoms. The number of nitrogens with one attached hydrogen (secondary N) is 1. The second kappa shape index (κ2) is 8.33. The van der Waals surface area contributed by atoms with Gasteiger partial charge >= 0.3 is 5.97 Å². The van der Waals surface area contributed by atoms with Gasteiger partial charge in [-0.2, -0.15) is 0 Å². The summed E-state index contributed by atoms with van der Waals surface area (Å²) in [6.45, 7) is 7.35. The SMILES string of the molecule is COC(=O)[C@H](CC(C)C)NC(=O)[C@H](C(C)C)N1C(=O)c2ccccc2C1=O. The first-order chi connectivity index (χ1) is 12.7. The zero-order valence-corrected chi connectivity index (χ0v) is 16.3. The Morgan fingerprint density at radius 1 is 1.04 bits per heavy atom. The van der Waals surface area contributed by atoms with E-state index in [0.717, 1.165) is 4.90 Å². The third-order valence-corrected chi connectivity index (χ3v) is 4.51. The van der Waals surface area contributed by atoms with Crippen LogP contribution in [0.4, 0.5) is 0 Å². The van der Waals surface area contributed by atoms with Gasteiger partial charge in [0.15, 0.2) is 0 Å². The molecular formula is C20H26N2O5. The highest BCUT2D eigenvalue weighted by molar-refractivity contribution is 6.22. The second-order valence-corrected chi connectivity index (χ2v) is 7.43. The summed E-state index contributed by atoms with van der Waals surface area (Å²) >= 11 is 0. The van der Waals surface area contributed by atoms with Crippen molar-refractivity contribution >= 4 is 23.7 Å². The number of ether oxygens (including phenoxy) is 1. The highest BCUT2D eigenvalue weighted by atomic mass is 16.5. The van der Waals surface area contributed by atoms with Gasteiger partial charge in [0.05, 0.1) is 18.2 Å². The van der Waals surface area contributed by atoms with E-state index in [1.807, 2.05) is 13.8 Å². The van der Waals surface area contributed by atoms with Crippen LogP contribution in [0.2, 0.25) is 0 Å². The molecule has 1 heterocycles. The van der Waals surface area contributed by atoms with Crippen LogP contribution in [0, 0.1) is 11.8 Å². The van der Waals surface area contributed by atoms with Gasteiger partial charge in [0.25, 0.3) is 11.8 Å². The molecule has 0 aromatic heterocycles. The fourth-order valence-electron chi connectivity index (χ4n) is 3.26. The molecule has 1 aromatic carbocycles. The number of carbonyl (C=O) groups is 4. The molecule has 2 atom stereocenters. The summed E-state index contributed by atoms with van der Waals surface area (Å²) in [5.41, 5.74) is 0.570. The largest absolute Gasteiger partial charge is 0.467 e. The van der Waals surface area contributed by atoms with Crippen LogP contribution in [0.5, 0.6) is 0 Å². The number of methoxy groups -OCH3 is 1. The van der Waals surface area contributed by atoms with E-state index < -0.39 is 35.8 Å². The van der Waals surface area contributed by atoms with E-state index in [4.69, 9.17) is 4.74 Å². The number of rotatable bonds is 7. The molecule has 0 saturated carbocycles. The van der Waals surface area contributed by atoms with Crippen molar-refractivity contribution in [3.63, 3.8) is 0 Å². The lowest BCUT2D eigenvalue weighted by Gasteiger charge is -2.30. The minimum Gasteiger partial charge on any atom is -0.467 e. The van der Waals surface area contributed by atoms with Crippen LogP contribution >= 0.6 is 0 Å². The lowest BCUT2D eigenvalue weighted by molar-refractivity contribution is -0.146. The smallest absolute Gasteiger partial charge is 0.328 e. The molecule has 1 aromatic rings. The summed E-state index contributed by atoms with van der Waals surface area (Å²) in [4.78, 5) is 51.5. The van der Waals surface area contributed by atoms with Gasteiger partial charge in [-0.3, -0.25) is 19.3 Å². The van der Waals surface area contributed by atoms with E-state index in [1.54, 1.807) is 38.1 Å². The van der Waals surface area contributed by atoms with Crippen molar-refractivity contribution in [2.24, 2.45) is 11.8 Å². The van der Waals surface area contributed by atoms with E-state index in [2.05, 4.69) is 5.32 Å². The van der Waals surface area contributed by atoms with Crippen molar-refractivity contribution in [1.82, 2.24) is 10.2 Å². The Kier molecular flexibility index (Phi) is 6.36. The molecule has 1 aliphatic rings. The third kappa shape index (κ3) is 4.18. The predicted molar refractivity (Wildman–Crippen MR) is 99.0 cm³/mol. The van der Waals surface area contributed by atoms with E-state index >= 15 is 0 Å². The summed E-state index contributed by atoms with van der Waals surface area (Å²) in [6.07, 6.45) is 0.394. The number of esters is 1. The molecular weight excluding hydrogens is 348 g/mol. The van der Waals surface area contributed by atoms with Gasteiger partial charge in [0.2, 0.25) is 5.91 Å². The van der Waals surface area contributed by atoms with Crippen LogP contribution in [-0.4, -0.2) is 47.8 Å². The number of benzene rings is 1. The van der Waals surface area contributed by atoms with Gasteiger partial charge in [-0.1, -0.05) is 39.8 Å². The maximum Gasteiger partial charge on any atom is 0.328 e. The Balaban J connectivity index is 2.29. The van der Waals surface area contributed by atoms with Gasteiger partial charge in [-0.05, 0) is 30.4 Å². The van der Waals surface area contributed by atoms with Gasteiger partial charge < -0.3 is 10.1 Å². The van der Waals surface area contributed by atoms with Crippen LogP contribution in [-0.2, 0) is 14.3 Å². The molecule has 0 bridgehead atoms.